The molecule has 110 valence electrons. The average molecular weight is 313 g/mol. The minimum absolute atomic E-state index is 0.0141. The SMILES string of the molecule is Nc1c(F)cc(F)cc1P(c1ccccc1)c1ccccc1. The number of anilines is 1. The van der Waals surface area contributed by atoms with Crippen molar-refractivity contribution in [2.24, 2.45) is 0 Å². The van der Waals surface area contributed by atoms with Gasteiger partial charge in [-0.3, -0.25) is 0 Å². The number of nitrogens with two attached hydrogens (primary N) is 1. The fourth-order valence-corrected chi connectivity index (χ4v) is 4.73. The number of rotatable bonds is 3. The van der Waals surface area contributed by atoms with Gasteiger partial charge in [-0.05, 0) is 24.6 Å². The van der Waals surface area contributed by atoms with E-state index in [9.17, 15) is 8.78 Å². The van der Waals surface area contributed by atoms with Gasteiger partial charge in [-0.2, -0.15) is 0 Å². The van der Waals surface area contributed by atoms with E-state index < -0.39 is 19.6 Å². The number of halogens is 2. The lowest BCUT2D eigenvalue weighted by Crippen LogP contribution is -2.24. The topological polar surface area (TPSA) is 26.0 Å². The average Bonchev–Trinajstić information content (AvgIpc) is 2.54. The van der Waals surface area contributed by atoms with Gasteiger partial charge in [-0.15, -0.1) is 0 Å². The van der Waals surface area contributed by atoms with Crippen molar-refractivity contribution in [2.75, 3.05) is 5.73 Å². The molecule has 0 aromatic heterocycles. The summed E-state index contributed by atoms with van der Waals surface area (Å²) in [6.45, 7) is 0. The maximum Gasteiger partial charge on any atom is 0.149 e. The van der Waals surface area contributed by atoms with E-state index in [0.29, 0.717) is 5.30 Å². The smallest absolute Gasteiger partial charge is 0.149 e. The van der Waals surface area contributed by atoms with Crippen LogP contribution in [0.25, 0.3) is 0 Å². The van der Waals surface area contributed by atoms with Crippen LogP contribution < -0.4 is 21.6 Å². The van der Waals surface area contributed by atoms with Crippen LogP contribution in [0.4, 0.5) is 14.5 Å². The quantitative estimate of drug-likeness (QED) is 0.583. The van der Waals surface area contributed by atoms with Crippen LogP contribution in [0.5, 0.6) is 0 Å². The van der Waals surface area contributed by atoms with Crippen molar-refractivity contribution in [1.82, 2.24) is 0 Å². The summed E-state index contributed by atoms with van der Waals surface area (Å²) in [5.41, 5.74) is 5.92. The first kappa shape index (κ1) is 14.7. The van der Waals surface area contributed by atoms with Gasteiger partial charge in [0.05, 0.1) is 5.69 Å². The van der Waals surface area contributed by atoms with E-state index in [0.717, 1.165) is 16.7 Å². The van der Waals surface area contributed by atoms with Crippen LogP contribution in [0.1, 0.15) is 0 Å². The Balaban J connectivity index is 2.23. The fourth-order valence-electron chi connectivity index (χ4n) is 2.34. The van der Waals surface area contributed by atoms with Crippen molar-refractivity contribution in [2.45, 2.75) is 0 Å². The highest BCUT2D eigenvalue weighted by molar-refractivity contribution is 7.80. The Kier molecular flexibility index (Phi) is 4.17. The van der Waals surface area contributed by atoms with Crippen LogP contribution in [0.2, 0.25) is 0 Å². The molecule has 3 aromatic carbocycles. The molecule has 0 saturated carbocycles. The van der Waals surface area contributed by atoms with E-state index >= 15 is 0 Å². The summed E-state index contributed by atoms with van der Waals surface area (Å²) in [4.78, 5) is 0. The molecule has 2 N–H and O–H groups in total. The van der Waals surface area contributed by atoms with Gasteiger partial charge in [0.25, 0.3) is 0 Å². The van der Waals surface area contributed by atoms with Crippen molar-refractivity contribution in [1.29, 1.82) is 0 Å². The van der Waals surface area contributed by atoms with E-state index in [1.54, 1.807) is 0 Å². The standard InChI is InChI=1S/C18H14F2NP/c19-13-11-16(20)18(21)17(12-13)22(14-7-3-1-4-8-14)15-9-5-2-6-10-15/h1-12H,21H2. The lowest BCUT2D eigenvalue weighted by atomic mass is 10.3. The van der Waals surface area contributed by atoms with Gasteiger partial charge in [0.1, 0.15) is 11.6 Å². The van der Waals surface area contributed by atoms with Crippen molar-refractivity contribution < 1.29 is 8.78 Å². The van der Waals surface area contributed by atoms with Crippen LogP contribution in [0, 0.1) is 11.6 Å². The van der Waals surface area contributed by atoms with Crippen molar-refractivity contribution in [3.05, 3.63) is 84.4 Å². The molecule has 0 aliphatic carbocycles. The van der Waals surface area contributed by atoms with Crippen LogP contribution >= 0.6 is 7.92 Å². The van der Waals surface area contributed by atoms with Gasteiger partial charge >= 0.3 is 0 Å². The molecule has 0 aliphatic rings. The predicted octanol–water partition coefficient (Wildman–Crippen LogP) is 3.31. The Morgan fingerprint density at radius 2 is 1.23 bits per heavy atom. The van der Waals surface area contributed by atoms with Crippen LogP contribution in [0.15, 0.2) is 72.8 Å². The first-order valence-electron chi connectivity index (χ1n) is 6.81. The summed E-state index contributed by atoms with van der Waals surface area (Å²) in [7, 11) is -1.10. The predicted molar refractivity (Wildman–Crippen MR) is 89.5 cm³/mol. The second-order valence-electron chi connectivity index (χ2n) is 4.83. The summed E-state index contributed by atoms with van der Waals surface area (Å²) in [6, 6.07) is 21.5. The molecule has 0 heterocycles. The zero-order chi connectivity index (χ0) is 15.5. The highest BCUT2D eigenvalue weighted by atomic mass is 31.1. The van der Waals surface area contributed by atoms with Crippen LogP contribution in [-0.2, 0) is 0 Å². The lowest BCUT2D eigenvalue weighted by molar-refractivity contribution is 0.588. The zero-order valence-corrected chi connectivity index (χ0v) is 12.6. The number of hydrogen-bond donors (Lipinski definition) is 1. The molecule has 4 heteroatoms. The third kappa shape index (κ3) is 2.86. The highest BCUT2D eigenvalue weighted by Gasteiger charge is 2.21. The molecular weight excluding hydrogens is 299 g/mol. The first-order valence-corrected chi connectivity index (χ1v) is 8.16. The normalized spacial score (nSPS) is 10.9. The van der Waals surface area contributed by atoms with E-state index in [1.165, 1.54) is 6.07 Å². The monoisotopic (exact) mass is 313 g/mol. The van der Waals surface area contributed by atoms with E-state index in [1.807, 2.05) is 60.7 Å². The maximum absolute atomic E-state index is 13.9. The Hall–Kier alpha value is -2.25. The van der Waals surface area contributed by atoms with Crippen molar-refractivity contribution in [3.63, 3.8) is 0 Å². The summed E-state index contributed by atoms with van der Waals surface area (Å²) >= 11 is 0. The van der Waals surface area contributed by atoms with Gasteiger partial charge < -0.3 is 5.73 Å². The van der Waals surface area contributed by atoms with Gasteiger partial charge in [0.2, 0.25) is 0 Å². The van der Waals surface area contributed by atoms with Gasteiger partial charge in [-0.25, -0.2) is 8.78 Å². The van der Waals surface area contributed by atoms with Gasteiger partial charge in [-0.1, -0.05) is 60.7 Å². The maximum atomic E-state index is 13.9. The summed E-state index contributed by atoms with van der Waals surface area (Å²) < 4.78 is 27.6. The molecule has 0 bridgehead atoms. The molecule has 3 aromatic rings. The molecule has 0 atom stereocenters. The van der Waals surface area contributed by atoms with Crippen molar-refractivity contribution >= 4 is 29.5 Å². The van der Waals surface area contributed by atoms with Crippen LogP contribution in [0.3, 0.4) is 0 Å². The summed E-state index contributed by atoms with van der Waals surface area (Å²) in [6.07, 6.45) is 0. The molecule has 0 radical (unpaired) electrons. The summed E-state index contributed by atoms with van der Waals surface area (Å²) in [5, 5.41) is 2.51. The molecular formula is C18H14F2NP. The lowest BCUT2D eigenvalue weighted by Gasteiger charge is -2.21. The molecule has 1 nitrogen and oxygen atoms in total. The minimum Gasteiger partial charge on any atom is -0.396 e. The van der Waals surface area contributed by atoms with E-state index in [2.05, 4.69) is 0 Å². The Morgan fingerprint density at radius 3 is 1.73 bits per heavy atom. The first-order chi connectivity index (χ1) is 10.7. The number of nitrogen functional groups attached to an aromatic ring is 1. The molecule has 0 saturated heterocycles. The Bertz CT molecular complexity index is 736. The van der Waals surface area contributed by atoms with E-state index in [4.69, 9.17) is 5.73 Å². The third-order valence-corrected chi connectivity index (χ3v) is 5.82. The third-order valence-electron chi connectivity index (χ3n) is 3.34. The highest BCUT2D eigenvalue weighted by Crippen LogP contribution is 2.35. The fraction of sp³-hybridized carbons (Fsp3) is 0. The molecule has 22 heavy (non-hydrogen) atoms. The Labute approximate surface area is 129 Å². The largest absolute Gasteiger partial charge is 0.396 e. The van der Waals surface area contributed by atoms with Gasteiger partial charge in [0.15, 0.2) is 0 Å². The molecule has 0 spiro atoms. The second kappa shape index (κ2) is 6.25. The second-order valence-corrected chi connectivity index (χ2v) is 7.01. The molecule has 0 amide bonds. The van der Waals surface area contributed by atoms with Crippen molar-refractivity contribution in [3.8, 4) is 0 Å². The molecule has 0 fully saturated rings. The molecule has 0 aliphatic heterocycles. The molecule has 0 unspecified atom stereocenters. The van der Waals surface area contributed by atoms with Crippen LogP contribution in [-0.4, -0.2) is 0 Å². The summed E-state index contributed by atoms with van der Waals surface area (Å²) in [5.74, 6) is -1.32. The number of hydrogen-bond acceptors (Lipinski definition) is 1. The Morgan fingerprint density at radius 1 is 0.727 bits per heavy atom. The zero-order valence-electron chi connectivity index (χ0n) is 11.7. The van der Waals surface area contributed by atoms with Gasteiger partial charge in [0, 0.05) is 11.4 Å². The number of benzene rings is 3. The van der Waals surface area contributed by atoms with E-state index in [-0.39, 0.29) is 5.69 Å². The molecule has 3 rings (SSSR count). The minimum atomic E-state index is -1.10.